The van der Waals surface area contributed by atoms with Gasteiger partial charge in [-0.25, -0.2) is 0 Å². The highest BCUT2D eigenvalue weighted by atomic mass is 35.5. The highest BCUT2D eigenvalue weighted by Crippen LogP contribution is 2.31. The molecule has 9 nitrogen and oxygen atoms in total. The first-order chi connectivity index (χ1) is 14.7. The Bertz CT molecular complexity index is 1190. The first-order valence-corrected chi connectivity index (χ1v) is 11.1. The third-order valence-electron chi connectivity index (χ3n) is 4.22. The highest BCUT2D eigenvalue weighted by Gasteiger charge is 2.21. The molecule has 1 aromatic heterocycles. The number of anilines is 2. The predicted molar refractivity (Wildman–Crippen MR) is 118 cm³/mol. The molecule has 0 unspecified atom stereocenters. The van der Waals surface area contributed by atoms with Crippen LogP contribution in [0.5, 0.6) is 11.5 Å². The number of amides is 1. The fraction of sp³-hybridized carbons (Fsp3) is 0.200. The molecule has 0 saturated carbocycles. The molecule has 2 aromatic carbocycles. The van der Waals surface area contributed by atoms with Crippen LogP contribution in [0.25, 0.3) is 0 Å². The highest BCUT2D eigenvalue weighted by molar-refractivity contribution is 7.92. The maximum Gasteiger partial charge on any atom is 0.278 e. The van der Waals surface area contributed by atoms with E-state index in [0.29, 0.717) is 34.5 Å². The van der Waals surface area contributed by atoms with Gasteiger partial charge >= 0.3 is 0 Å². The Labute approximate surface area is 184 Å². The number of methoxy groups -OCH3 is 1. The normalized spacial score (nSPS) is 11.1. The molecule has 0 atom stereocenters. The number of carbonyl (C=O) groups is 1. The molecule has 3 N–H and O–H groups in total. The first kappa shape index (κ1) is 22.4. The topological polar surface area (TPSA) is 122 Å². The van der Waals surface area contributed by atoms with E-state index in [1.165, 1.54) is 7.11 Å². The number of nitrogens with zero attached hydrogens (tertiary/aromatic N) is 1. The summed E-state index contributed by atoms with van der Waals surface area (Å²) in [6.07, 6.45) is 0. The molecule has 0 saturated heterocycles. The Morgan fingerprint density at radius 3 is 2.55 bits per heavy atom. The molecular formula is C20H21ClN4O5S. The number of nitrogens with one attached hydrogen (secondary N) is 3. The van der Waals surface area contributed by atoms with Crippen molar-refractivity contribution in [3.8, 4) is 11.5 Å². The molecule has 11 heteroatoms. The molecule has 0 aliphatic heterocycles. The standard InChI is InChI=1S/C20H21ClN4O5S/c1-4-30-14-7-5-13(6-8-14)25-31(27,28)19-11-17(23-24-19)20(26)22-16-9-12(2)15(21)10-18(16)29-3/h5-11,25H,4H2,1-3H3,(H,22,26)(H,23,24). The van der Waals surface area contributed by atoms with Crippen LogP contribution in [0, 0.1) is 6.92 Å². The Morgan fingerprint density at radius 1 is 1.19 bits per heavy atom. The maximum absolute atomic E-state index is 12.6. The van der Waals surface area contributed by atoms with Gasteiger partial charge in [0, 0.05) is 22.8 Å². The number of sulfonamides is 1. The molecule has 1 amide bonds. The van der Waals surface area contributed by atoms with Crippen LogP contribution in [0.2, 0.25) is 5.02 Å². The van der Waals surface area contributed by atoms with Gasteiger partial charge in [0.15, 0.2) is 10.7 Å². The van der Waals surface area contributed by atoms with Gasteiger partial charge in [-0.2, -0.15) is 13.5 Å². The molecular weight excluding hydrogens is 444 g/mol. The minimum absolute atomic E-state index is 0.110. The number of benzene rings is 2. The summed E-state index contributed by atoms with van der Waals surface area (Å²) in [5, 5.41) is 9.06. The summed E-state index contributed by atoms with van der Waals surface area (Å²) >= 11 is 6.07. The van der Waals surface area contributed by atoms with Crippen LogP contribution in [0.1, 0.15) is 23.0 Å². The van der Waals surface area contributed by atoms with E-state index in [4.69, 9.17) is 21.1 Å². The van der Waals surface area contributed by atoms with E-state index in [9.17, 15) is 13.2 Å². The van der Waals surface area contributed by atoms with Gasteiger partial charge in [0.1, 0.15) is 11.5 Å². The zero-order valence-corrected chi connectivity index (χ0v) is 18.6. The largest absolute Gasteiger partial charge is 0.495 e. The van der Waals surface area contributed by atoms with Crippen LogP contribution in [0.3, 0.4) is 0 Å². The zero-order chi connectivity index (χ0) is 22.6. The lowest BCUT2D eigenvalue weighted by Gasteiger charge is -2.11. The summed E-state index contributed by atoms with van der Waals surface area (Å²) in [6.45, 7) is 4.14. The van der Waals surface area contributed by atoms with Crippen molar-refractivity contribution >= 4 is 38.9 Å². The number of rotatable bonds is 8. The fourth-order valence-electron chi connectivity index (χ4n) is 2.67. The summed E-state index contributed by atoms with van der Waals surface area (Å²) in [5.74, 6) is 0.377. The van der Waals surface area contributed by atoms with Crippen molar-refractivity contribution in [2.24, 2.45) is 0 Å². The molecule has 0 aliphatic carbocycles. The summed E-state index contributed by atoms with van der Waals surface area (Å²) < 4.78 is 38.2. The van der Waals surface area contributed by atoms with Gasteiger partial charge in [0.2, 0.25) is 0 Å². The van der Waals surface area contributed by atoms with E-state index in [0.717, 1.165) is 11.6 Å². The van der Waals surface area contributed by atoms with E-state index in [1.807, 2.05) is 6.92 Å². The Kier molecular flexibility index (Phi) is 6.71. The van der Waals surface area contributed by atoms with Crippen molar-refractivity contribution in [1.82, 2.24) is 10.2 Å². The number of halogens is 1. The van der Waals surface area contributed by atoms with E-state index in [2.05, 4.69) is 20.2 Å². The molecule has 164 valence electrons. The number of carbonyl (C=O) groups excluding carboxylic acids is 1. The lowest BCUT2D eigenvalue weighted by molar-refractivity contribution is 0.102. The second kappa shape index (κ2) is 9.27. The summed E-state index contributed by atoms with van der Waals surface area (Å²) in [5.41, 5.74) is 1.35. The second-order valence-corrected chi connectivity index (χ2v) is 8.49. The van der Waals surface area contributed by atoms with Crippen molar-refractivity contribution < 1.29 is 22.7 Å². The quantitative estimate of drug-likeness (QED) is 0.465. The number of aromatic amines is 1. The SMILES string of the molecule is CCOc1ccc(NS(=O)(=O)c2cc(C(=O)Nc3cc(C)c(Cl)cc3OC)n[nH]2)cc1. The summed E-state index contributed by atoms with van der Waals surface area (Å²) in [4.78, 5) is 12.6. The molecule has 3 rings (SSSR count). The van der Waals surface area contributed by atoms with E-state index < -0.39 is 15.9 Å². The molecule has 0 bridgehead atoms. The third-order valence-corrected chi connectivity index (χ3v) is 5.92. The fourth-order valence-corrected chi connectivity index (χ4v) is 3.81. The molecule has 1 heterocycles. The van der Waals surface area contributed by atoms with Crippen molar-refractivity contribution in [2.75, 3.05) is 23.8 Å². The maximum atomic E-state index is 12.6. The lowest BCUT2D eigenvalue weighted by atomic mass is 10.2. The predicted octanol–water partition coefficient (Wildman–Crippen LogP) is 3.83. The molecule has 0 radical (unpaired) electrons. The molecule has 0 spiro atoms. The monoisotopic (exact) mass is 464 g/mol. The van der Waals surface area contributed by atoms with Gasteiger partial charge in [-0.05, 0) is 49.7 Å². The van der Waals surface area contributed by atoms with Crippen molar-refractivity contribution in [3.05, 3.63) is 58.7 Å². The van der Waals surface area contributed by atoms with Gasteiger partial charge < -0.3 is 14.8 Å². The number of aromatic nitrogens is 2. The second-order valence-electron chi connectivity index (χ2n) is 6.44. The number of H-pyrrole nitrogens is 1. The van der Waals surface area contributed by atoms with Gasteiger partial charge in [-0.3, -0.25) is 14.6 Å². The van der Waals surface area contributed by atoms with Crippen LogP contribution in [0.15, 0.2) is 47.5 Å². The summed E-state index contributed by atoms with van der Waals surface area (Å²) in [7, 11) is -2.53. The number of hydrogen-bond acceptors (Lipinski definition) is 6. The molecule has 3 aromatic rings. The Morgan fingerprint density at radius 2 is 1.90 bits per heavy atom. The molecule has 0 fully saturated rings. The number of ether oxygens (including phenoxy) is 2. The van der Waals surface area contributed by atoms with E-state index in [-0.39, 0.29) is 10.7 Å². The van der Waals surface area contributed by atoms with Crippen LogP contribution >= 0.6 is 11.6 Å². The third kappa shape index (κ3) is 5.28. The minimum Gasteiger partial charge on any atom is -0.495 e. The van der Waals surface area contributed by atoms with E-state index in [1.54, 1.807) is 43.3 Å². The average molecular weight is 465 g/mol. The Hall–Kier alpha value is -3.24. The first-order valence-electron chi connectivity index (χ1n) is 9.20. The number of hydrogen-bond donors (Lipinski definition) is 3. The lowest BCUT2D eigenvalue weighted by Crippen LogP contribution is -2.14. The van der Waals surface area contributed by atoms with Crippen LogP contribution in [0.4, 0.5) is 11.4 Å². The van der Waals surface area contributed by atoms with Gasteiger partial charge in [-0.1, -0.05) is 11.6 Å². The van der Waals surface area contributed by atoms with E-state index >= 15 is 0 Å². The van der Waals surface area contributed by atoms with Crippen LogP contribution in [-0.4, -0.2) is 38.2 Å². The zero-order valence-electron chi connectivity index (χ0n) is 17.0. The summed E-state index contributed by atoms with van der Waals surface area (Å²) in [6, 6.07) is 10.8. The van der Waals surface area contributed by atoms with Crippen LogP contribution < -0.4 is 19.5 Å². The Balaban J connectivity index is 1.75. The molecule has 31 heavy (non-hydrogen) atoms. The average Bonchev–Trinajstić information content (AvgIpc) is 3.23. The van der Waals surface area contributed by atoms with Crippen LogP contribution in [-0.2, 0) is 10.0 Å². The van der Waals surface area contributed by atoms with Crippen molar-refractivity contribution in [3.63, 3.8) is 0 Å². The van der Waals surface area contributed by atoms with Gasteiger partial charge in [-0.15, -0.1) is 0 Å². The van der Waals surface area contributed by atoms with Gasteiger partial charge in [0.25, 0.3) is 15.9 Å². The smallest absolute Gasteiger partial charge is 0.278 e. The number of aryl methyl sites for hydroxylation is 1. The van der Waals surface area contributed by atoms with Gasteiger partial charge in [0.05, 0.1) is 19.4 Å². The van der Waals surface area contributed by atoms with Crippen molar-refractivity contribution in [2.45, 2.75) is 18.9 Å². The molecule has 0 aliphatic rings. The minimum atomic E-state index is -3.98. The van der Waals surface area contributed by atoms with Crippen molar-refractivity contribution in [1.29, 1.82) is 0 Å².